The molecule has 4 heteroatoms. The molecule has 0 bridgehead atoms. The fourth-order valence-corrected chi connectivity index (χ4v) is 6.91. The van der Waals surface area contributed by atoms with Crippen LogP contribution in [0.5, 0.6) is 0 Å². The van der Waals surface area contributed by atoms with E-state index in [2.05, 4.69) is 154 Å². The Hall–Kier alpha value is -6.39. The molecular weight excluding hydrogens is 623 g/mol. The van der Waals surface area contributed by atoms with Gasteiger partial charge in [-0.3, -0.25) is 0 Å². The van der Waals surface area contributed by atoms with Crippen molar-refractivity contribution in [3.8, 4) is 56.4 Å². The lowest BCUT2D eigenvalue weighted by Gasteiger charge is -2.19. The van der Waals surface area contributed by atoms with Crippen LogP contribution in [0.2, 0.25) is 0 Å². The van der Waals surface area contributed by atoms with Crippen LogP contribution in [-0.2, 0) is 5.41 Å². The largest absolute Gasteiger partial charge is 0.456 e. The van der Waals surface area contributed by atoms with Crippen molar-refractivity contribution in [1.29, 1.82) is 0 Å². The van der Waals surface area contributed by atoms with Crippen LogP contribution < -0.4 is 0 Å². The maximum Gasteiger partial charge on any atom is 0.164 e. The number of para-hydroxylation sites is 1. The van der Waals surface area contributed by atoms with Crippen LogP contribution in [0.15, 0.2) is 162 Å². The Bertz CT molecular complexity index is 2720. The Morgan fingerprint density at radius 3 is 1.80 bits per heavy atom. The van der Waals surface area contributed by atoms with E-state index in [0.29, 0.717) is 17.5 Å². The molecule has 4 nitrogen and oxygen atoms in total. The summed E-state index contributed by atoms with van der Waals surface area (Å²) in [5.41, 5.74) is 10.3. The summed E-state index contributed by atoms with van der Waals surface area (Å²) in [5.74, 6) is 1.90. The number of hydrogen-bond acceptors (Lipinski definition) is 4. The molecule has 0 spiro atoms. The molecule has 7 aromatic carbocycles. The third-order valence-electron chi connectivity index (χ3n) is 9.69. The molecule has 244 valence electrons. The van der Waals surface area contributed by atoms with Crippen LogP contribution >= 0.6 is 0 Å². The zero-order valence-corrected chi connectivity index (χ0v) is 28.8. The van der Waals surface area contributed by atoms with Gasteiger partial charge in [-0.25, -0.2) is 15.0 Å². The molecule has 9 rings (SSSR count). The first-order valence-electron chi connectivity index (χ1n) is 17.4. The van der Waals surface area contributed by atoms with E-state index in [4.69, 9.17) is 19.4 Å². The predicted molar refractivity (Wildman–Crippen MR) is 210 cm³/mol. The van der Waals surface area contributed by atoms with Gasteiger partial charge in [0.25, 0.3) is 0 Å². The normalized spacial score (nSPS) is 11.8. The molecular formula is C47H35N3O. The van der Waals surface area contributed by atoms with Crippen LogP contribution in [0.25, 0.3) is 89.1 Å². The lowest BCUT2D eigenvalue weighted by molar-refractivity contribution is 0.590. The minimum Gasteiger partial charge on any atom is -0.456 e. The monoisotopic (exact) mass is 657 g/mol. The van der Waals surface area contributed by atoms with E-state index >= 15 is 0 Å². The molecule has 2 aromatic heterocycles. The van der Waals surface area contributed by atoms with Crippen molar-refractivity contribution < 1.29 is 4.42 Å². The summed E-state index contributed by atoms with van der Waals surface area (Å²) in [5, 5.41) is 4.46. The van der Waals surface area contributed by atoms with Crippen molar-refractivity contribution in [3.63, 3.8) is 0 Å². The Kier molecular flexibility index (Phi) is 7.32. The number of hydrogen-bond donors (Lipinski definition) is 0. The second-order valence-corrected chi connectivity index (χ2v) is 14.1. The predicted octanol–water partition coefficient (Wildman–Crippen LogP) is 12.6. The Balaban J connectivity index is 1.22. The van der Waals surface area contributed by atoms with Crippen molar-refractivity contribution in [2.24, 2.45) is 0 Å². The van der Waals surface area contributed by atoms with Crippen molar-refractivity contribution in [3.05, 3.63) is 163 Å². The van der Waals surface area contributed by atoms with Crippen LogP contribution in [0, 0.1) is 0 Å². The summed E-state index contributed by atoms with van der Waals surface area (Å²) < 4.78 is 6.23. The van der Waals surface area contributed by atoms with Crippen LogP contribution in [-0.4, -0.2) is 15.0 Å². The molecule has 0 aliphatic heterocycles. The van der Waals surface area contributed by atoms with E-state index < -0.39 is 0 Å². The first-order valence-corrected chi connectivity index (χ1v) is 17.4. The van der Waals surface area contributed by atoms with E-state index in [1.807, 2.05) is 24.3 Å². The number of rotatable bonds is 5. The van der Waals surface area contributed by atoms with Gasteiger partial charge in [0.1, 0.15) is 11.2 Å². The third kappa shape index (κ3) is 5.75. The van der Waals surface area contributed by atoms with Gasteiger partial charge in [0.15, 0.2) is 17.5 Å². The lowest BCUT2D eigenvalue weighted by Crippen LogP contribution is -2.10. The molecule has 0 atom stereocenters. The average molecular weight is 658 g/mol. The quantitative estimate of drug-likeness (QED) is 0.185. The summed E-state index contributed by atoms with van der Waals surface area (Å²) in [7, 11) is 0. The van der Waals surface area contributed by atoms with Crippen LogP contribution in [0.4, 0.5) is 0 Å². The summed E-state index contributed by atoms with van der Waals surface area (Å²) >= 11 is 0. The fraction of sp³-hybridized carbons (Fsp3) is 0.0851. The fourth-order valence-electron chi connectivity index (χ4n) is 6.91. The van der Waals surface area contributed by atoms with E-state index in [9.17, 15) is 0 Å². The van der Waals surface area contributed by atoms with Crippen molar-refractivity contribution in [2.75, 3.05) is 0 Å². The summed E-state index contributed by atoms with van der Waals surface area (Å²) in [6.45, 7) is 6.68. The number of nitrogens with zero attached hydrogens (tertiary/aromatic N) is 3. The first-order chi connectivity index (χ1) is 24.9. The van der Waals surface area contributed by atoms with Gasteiger partial charge in [0.2, 0.25) is 0 Å². The molecule has 0 radical (unpaired) electrons. The van der Waals surface area contributed by atoms with Gasteiger partial charge in [-0.2, -0.15) is 0 Å². The molecule has 2 heterocycles. The highest BCUT2D eigenvalue weighted by atomic mass is 16.3. The highest BCUT2D eigenvalue weighted by Crippen LogP contribution is 2.36. The van der Waals surface area contributed by atoms with Gasteiger partial charge in [-0.1, -0.05) is 142 Å². The zero-order valence-electron chi connectivity index (χ0n) is 28.8. The van der Waals surface area contributed by atoms with E-state index in [1.165, 1.54) is 5.56 Å². The summed E-state index contributed by atoms with van der Waals surface area (Å²) in [4.78, 5) is 15.5. The average Bonchev–Trinajstić information content (AvgIpc) is 3.55. The van der Waals surface area contributed by atoms with Crippen LogP contribution in [0.1, 0.15) is 26.3 Å². The highest BCUT2D eigenvalue weighted by Gasteiger charge is 2.18. The van der Waals surface area contributed by atoms with Gasteiger partial charge in [0.05, 0.1) is 0 Å². The molecule has 0 saturated carbocycles. The smallest absolute Gasteiger partial charge is 0.164 e. The topological polar surface area (TPSA) is 51.8 Å². The van der Waals surface area contributed by atoms with Crippen LogP contribution in [0.3, 0.4) is 0 Å². The minimum absolute atomic E-state index is 0.0383. The number of benzene rings is 7. The number of aromatic nitrogens is 3. The molecule has 0 unspecified atom stereocenters. The van der Waals surface area contributed by atoms with Gasteiger partial charge in [-0.15, -0.1) is 0 Å². The number of fused-ring (bicyclic) bond motifs is 4. The second-order valence-electron chi connectivity index (χ2n) is 14.1. The van der Waals surface area contributed by atoms with Crippen molar-refractivity contribution in [1.82, 2.24) is 15.0 Å². The van der Waals surface area contributed by atoms with Gasteiger partial charge >= 0.3 is 0 Å². The molecule has 51 heavy (non-hydrogen) atoms. The number of furan rings is 1. The molecule has 0 aliphatic carbocycles. The second kappa shape index (κ2) is 12.2. The molecule has 9 aromatic rings. The standard InChI is InChI=1S/C47H35N3O/c1-47(2,3)37-23-20-31(21-24-37)44-48-45(35-16-11-15-32(26-35)33-22-25-40-39-18-9-10-19-42(39)51-43(40)29-33)50-46(49-44)41-28-36(30-12-5-4-6-13-30)27-34-14-7-8-17-38(34)41/h4-29H,1-3H3. The molecule has 0 N–H and O–H groups in total. The van der Waals surface area contributed by atoms with Gasteiger partial charge in [-0.05, 0) is 80.4 Å². The maximum atomic E-state index is 6.23. The summed E-state index contributed by atoms with van der Waals surface area (Å²) in [6.07, 6.45) is 0. The van der Waals surface area contributed by atoms with E-state index in [-0.39, 0.29) is 5.41 Å². The first kappa shape index (κ1) is 30.7. The summed E-state index contributed by atoms with van der Waals surface area (Å²) in [6, 6.07) is 55.0. The van der Waals surface area contributed by atoms with Gasteiger partial charge in [0, 0.05) is 27.5 Å². The van der Waals surface area contributed by atoms with Crippen molar-refractivity contribution >= 4 is 32.7 Å². The van der Waals surface area contributed by atoms with E-state index in [1.54, 1.807) is 0 Å². The Labute approximate surface area is 297 Å². The molecule has 0 fully saturated rings. The van der Waals surface area contributed by atoms with Crippen molar-refractivity contribution in [2.45, 2.75) is 26.2 Å². The molecule has 0 saturated heterocycles. The Morgan fingerprint density at radius 1 is 0.392 bits per heavy atom. The SMILES string of the molecule is CC(C)(C)c1ccc(-c2nc(-c3cccc(-c4ccc5c(c4)oc4ccccc45)c3)nc(-c3cc(-c4ccccc4)cc4ccccc34)n2)cc1. The third-order valence-corrected chi connectivity index (χ3v) is 9.69. The van der Waals surface area contributed by atoms with E-state index in [0.717, 1.165) is 71.7 Å². The lowest BCUT2D eigenvalue weighted by atomic mass is 9.86. The maximum absolute atomic E-state index is 6.23. The minimum atomic E-state index is 0.0383. The van der Waals surface area contributed by atoms with Gasteiger partial charge < -0.3 is 4.42 Å². The molecule has 0 aliphatic rings. The highest BCUT2D eigenvalue weighted by molar-refractivity contribution is 6.06. The zero-order chi connectivity index (χ0) is 34.5. The molecule has 0 amide bonds. The Morgan fingerprint density at radius 2 is 1.00 bits per heavy atom.